The Bertz CT molecular complexity index is 506. The van der Waals surface area contributed by atoms with Crippen LogP contribution in [0, 0.1) is 0 Å². The summed E-state index contributed by atoms with van der Waals surface area (Å²) in [6.07, 6.45) is 0. The van der Waals surface area contributed by atoms with E-state index in [1.807, 2.05) is 0 Å². The zero-order valence-electron chi connectivity index (χ0n) is 6.94. The van der Waals surface area contributed by atoms with Gasteiger partial charge in [-0.1, -0.05) is 16.8 Å². The van der Waals surface area contributed by atoms with Gasteiger partial charge in [0.15, 0.2) is 5.58 Å². The van der Waals surface area contributed by atoms with Crippen LogP contribution in [-0.2, 0) is 0 Å². The maximum atomic E-state index is 8.40. The molecule has 0 fully saturated rings. The molecule has 3 N–H and O–H groups in total. The van der Waals surface area contributed by atoms with Gasteiger partial charge in [-0.15, -0.1) is 0 Å². The number of nitrogens with two attached hydrogens (primary N) is 1. The molecule has 1 aromatic heterocycles. The maximum absolute atomic E-state index is 8.40. The van der Waals surface area contributed by atoms with Crippen LogP contribution in [0.25, 0.3) is 11.1 Å². The molecule has 2 aromatic rings. The monoisotopic (exact) mass is 211 g/mol. The Morgan fingerprint density at radius 3 is 3.07 bits per heavy atom. The number of benzene rings is 1. The molecular formula is C8H6ClN3O2. The molecule has 2 rings (SSSR count). The minimum atomic E-state index is -0.169. The molecule has 0 aliphatic rings. The highest BCUT2D eigenvalue weighted by molar-refractivity contribution is 6.31. The smallest absolute Gasteiger partial charge is 0.266 e. The highest BCUT2D eigenvalue weighted by Crippen LogP contribution is 2.19. The molecule has 1 heterocycles. The zero-order chi connectivity index (χ0) is 10.1. The van der Waals surface area contributed by atoms with Crippen LogP contribution in [0.15, 0.2) is 27.8 Å². The highest BCUT2D eigenvalue weighted by atomic mass is 35.5. The van der Waals surface area contributed by atoms with E-state index >= 15 is 0 Å². The summed E-state index contributed by atoms with van der Waals surface area (Å²) in [5, 5.41) is 11.7. The van der Waals surface area contributed by atoms with E-state index in [9.17, 15) is 0 Å². The number of oxime groups is 1. The molecule has 0 aliphatic carbocycles. The summed E-state index contributed by atoms with van der Waals surface area (Å²) >= 11 is 5.74. The summed E-state index contributed by atoms with van der Waals surface area (Å²) in [5.74, 6) is -0.0953. The lowest BCUT2D eigenvalue weighted by Gasteiger charge is -1.87. The second-order valence-corrected chi connectivity index (χ2v) is 3.05. The number of nitrogens with zero attached hydrogens (tertiary/aromatic N) is 2. The molecule has 0 radical (unpaired) electrons. The van der Waals surface area contributed by atoms with Crippen LogP contribution in [0.1, 0.15) is 5.89 Å². The minimum Gasteiger partial charge on any atom is -0.433 e. The number of hydrogen-bond donors (Lipinski definition) is 2. The van der Waals surface area contributed by atoms with E-state index in [2.05, 4.69) is 10.1 Å². The molecule has 0 saturated heterocycles. The lowest BCUT2D eigenvalue weighted by atomic mass is 10.3. The number of hydrogen-bond acceptors (Lipinski definition) is 4. The van der Waals surface area contributed by atoms with Gasteiger partial charge in [-0.3, -0.25) is 0 Å². The molecular weight excluding hydrogens is 206 g/mol. The number of fused-ring (bicyclic) bond motifs is 1. The molecule has 0 amide bonds. The van der Waals surface area contributed by atoms with Gasteiger partial charge in [0.2, 0.25) is 5.84 Å². The van der Waals surface area contributed by atoms with E-state index in [4.69, 9.17) is 27.0 Å². The van der Waals surface area contributed by atoms with Crippen molar-refractivity contribution in [3.63, 3.8) is 0 Å². The van der Waals surface area contributed by atoms with E-state index in [1.165, 1.54) is 0 Å². The van der Waals surface area contributed by atoms with Crippen LogP contribution in [0.3, 0.4) is 0 Å². The summed E-state index contributed by atoms with van der Waals surface area (Å²) in [5.41, 5.74) is 6.41. The van der Waals surface area contributed by atoms with E-state index in [0.29, 0.717) is 16.1 Å². The van der Waals surface area contributed by atoms with Crippen LogP contribution < -0.4 is 5.73 Å². The van der Waals surface area contributed by atoms with Crippen molar-refractivity contribution in [2.24, 2.45) is 10.9 Å². The predicted octanol–water partition coefficient (Wildman–Crippen LogP) is 1.58. The normalized spacial score (nSPS) is 12.2. The fourth-order valence-corrected chi connectivity index (χ4v) is 1.21. The Hall–Kier alpha value is -1.75. The first-order chi connectivity index (χ1) is 6.70. The quantitative estimate of drug-likeness (QED) is 0.325. The fraction of sp³-hybridized carbons (Fsp3) is 0. The Morgan fingerprint density at radius 1 is 1.57 bits per heavy atom. The van der Waals surface area contributed by atoms with Crippen LogP contribution in [0.5, 0.6) is 0 Å². The lowest BCUT2D eigenvalue weighted by molar-refractivity contribution is 0.317. The molecule has 72 valence electrons. The number of amidine groups is 1. The van der Waals surface area contributed by atoms with E-state index in [-0.39, 0.29) is 11.7 Å². The van der Waals surface area contributed by atoms with E-state index in [1.54, 1.807) is 18.2 Å². The molecule has 6 heteroatoms. The molecule has 0 aliphatic heterocycles. The summed E-state index contributed by atoms with van der Waals surface area (Å²) in [6, 6.07) is 4.98. The molecule has 0 spiro atoms. The second-order valence-electron chi connectivity index (χ2n) is 2.62. The molecule has 14 heavy (non-hydrogen) atoms. The fourth-order valence-electron chi connectivity index (χ4n) is 1.05. The third kappa shape index (κ3) is 1.38. The standard InChI is InChI=1S/C8H6ClN3O2/c9-4-1-2-5-6(3-4)14-8(11-5)7(10)12-13/h1-3,13H,(H2,10,12). The van der Waals surface area contributed by atoms with Gasteiger partial charge in [-0.2, -0.15) is 0 Å². The molecule has 5 nitrogen and oxygen atoms in total. The number of aromatic nitrogens is 1. The van der Waals surface area contributed by atoms with Gasteiger partial charge >= 0.3 is 0 Å². The van der Waals surface area contributed by atoms with Crippen molar-refractivity contribution >= 4 is 28.5 Å². The third-order valence-corrected chi connectivity index (χ3v) is 1.91. The average molecular weight is 212 g/mol. The summed E-state index contributed by atoms with van der Waals surface area (Å²) in [4.78, 5) is 3.98. The van der Waals surface area contributed by atoms with E-state index in [0.717, 1.165) is 0 Å². The SMILES string of the molecule is N/C(=N\O)c1nc2ccc(Cl)cc2o1. The molecule has 0 atom stereocenters. The van der Waals surface area contributed by atoms with Crippen LogP contribution >= 0.6 is 11.6 Å². The van der Waals surface area contributed by atoms with Crippen LogP contribution in [0.4, 0.5) is 0 Å². The van der Waals surface area contributed by atoms with Crippen molar-refractivity contribution in [1.29, 1.82) is 0 Å². The molecule has 0 saturated carbocycles. The Balaban J connectivity index is 2.62. The average Bonchev–Trinajstić information content (AvgIpc) is 2.59. The van der Waals surface area contributed by atoms with Gasteiger partial charge in [-0.25, -0.2) is 4.98 Å². The Kier molecular flexibility index (Phi) is 2.01. The van der Waals surface area contributed by atoms with Crippen molar-refractivity contribution in [3.05, 3.63) is 29.1 Å². The number of halogens is 1. The van der Waals surface area contributed by atoms with Crippen molar-refractivity contribution < 1.29 is 9.62 Å². The number of oxazole rings is 1. The third-order valence-electron chi connectivity index (χ3n) is 1.68. The summed E-state index contributed by atoms with van der Waals surface area (Å²) in [6.45, 7) is 0. The molecule has 1 aromatic carbocycles. The predicted molar refractivity (Wildman–Crippen MR) is 51.5 cm³/mol. The zero-order valence-corrected chi connectivity index (χ0v) is 7.69. The first-order valence-electron chi connectivity index (χ1n) is 3.74. The van der Waals surface area contributed by atoms with Gasteiger partial charge in [0.25, 0.3) is 5.89 Å². The van der Waals surface area contributed by atoms with Gasteiger partial charge in [0.1, 0.15) is 5.52 Å². The summed E-state index contributed by atoms with van der Waals surface area (Å²) < 4.78 is 5.19. The highest BCUT2D eigenvalue weighted by Gasteiger charge is 2.09. The topological polar surface area (TPSA) is 84.6 Å². The van der Waals surface area contributed by atoms with Crippen molar-refractivity contribution in [2.75, 3.05) is 0 Å². The Labute approximate surface area is 83.8 Å². The van der Waals surface area contributed by atoms with Crippen molar-refractivity contribution in [2.45, 2.75) is 0 Å². The minimum absolute atomic E-state index is 0.0739. The first kappa shape index (κ1) is 8.83. The van der Waals surface area contributed by atoms with Crippen molar-refractivity contribution in [3.8, 4) is 0 Å². The first-order valence-corrected chi connectivity index (χ1v) is 4.12. The molecule has 0 bridgehead atoms. The molecule has 0 unspecified atom stereocenters. The van der Waals surface area contributed by atoms with Gasteiger partial charge in [-0.05, 0) is 12.1 Å². The van der Waals surface area contributed by atoms with Crippen LogP contribution in [0.2, 0.25) is 5.02 Å². The van der Waals surface area contributed by atoms with Gasteiger partial charge in [0.05, 0.1) is 0 Å². The van der Waals surface area contributed by atoms with Gasteiger partial charge < -0.3 is 15.4 Å². The number of rotatable bonds is 1. The van der Waals surface area contributed by atoms with Crippen LogP contribution in [-0.4, -0.2) is 16.0 Å². The maximum Gasteiger partial charge on any atom is 0.266 e. The largest absolute Gasteiger partial charge is 0.433 e. The lowest BCUT2D eigenvalue weighted by Crippen LogP contribution is -2.13. The van der Waals surface area contributed by atoms with E-state index < -0.39 is 0 Å². The second kappa shape index (κ2) is 3.19. The van der Waals surface area contributed by atoms with Gasteiger partial charge in [0, 0.05) is 11.1 Å². The Morgan fingerprint density at radius 2 is 2.36 bits per heavy atom. The van der Waals surface area contributed by atoms with Crippen molar-refractivity contribution in [1.82, 2.24) is 4.98 Å². The summed E-state index contributed by atoms with van der Waals surface area (Å²) in [7, 11) is 0.